The van der Waals surface area contributed by atoms with Crippen LogP contribution >= 0.6 is 0 Å². The molecule has 2 aromatic rings. The van der Waals surface area contributed by atoms with Crippen LogP contribution in [0.1, 0.15) is 11.1 Å². The number of rotatable bonds is 3. The van der Waals surface area contributed by atoms with Crippen LogP contribution in [-0.2, 0) is 4.79 Å². The van der Waals surface area contributed by atoms with Gasteiger partial charge in [-0.3, -0.25) is 4.79 Å². The van der Waals surface area contributed by atoms with E-state index in [9.17, 15) is 10.1 Å². The highest BCUT2D eigenvalue weighted by atomic mass is 16.5. The lowest BCUT2D eigenvalue weighted by Crippen LogP contribution is -2.15. The average molecular weight is 316 g/mol. The topological polar surface area (TPSA) is 62.1 Å². The van der Waals surface area contributed by atoms with E-state index in [2.05, 4.69) is 5.32 Å². The van der Waals surface area contributed by atoms with Gasteiger partial charge in [0, 0.05) is 11.3 Å². The van der Waals surface area contributed by atoms with Crippen LogP contribution in [0.5, 0.6) is 5.75 Å². The second kappa shape index (κ2) is 6.84. The maximum atomic E-state index is 12.3. The number of ether oxygens (including phenoxy) is 1. The molecule has 1 heterocycles. The van der Waals surface area contributed by atoms with Crippen LogP contribution in [0.4, 0.5) is 5.69 Å². The van der Waals surface area contributed by atoms with Crippen molar-refractivity contribution >= 4 is 17.7 Å². The summed E-state index contributed by atoms with van der Waals surface area (Å²) in [5.74, 6) is 0.373. The third-order valence-electron chi connectivity index (χ3n) is 3.66. The van der Waals surface area contributed by atoms with Gasteiger partial charge in [-0.25, -0.2) is 0 Å². The summed E-state index contributed by atoms with van der Waals surface area (Å²) in [6.07, 6.45) is 3.49. The molecule has 1 aliphatic rings. The Kier molecular flexibility index (Phi) is 4.44. The molecule has 0 atom stereocenters. The summed E-state index contributed by atoms with van der Waals surface area (Å²) in [6, 6.07) is 17.0. The lowest BCUT2D eigenvalue weighted by Gasteiger charge is -2.16. The number of nitrogens with zero attached hydrogens (tertiary/aromatic N) is 1. The van der Waals surface area contributed by atoms with Crippen molar-refractivity contribution in [1.29, 1.82) is 5.26 Å². The molecule has 0 radical (unpaired) electrons. The van der Waals surface area contributed by atoms with Gasteiger partial charge in [-0.2, -0.15) is 5.26 Å². The second-order valence-electron chi connectivity index (χ2n) is 5.54. The number of aryl methyl sites for hydroxylation is 1. The minimum atomic E-state index is -0.430. The van der Waals surface area contributed by atoms with E-state index in [0.29, 0.717) is 12.3 Å². The van der Waals surface area contributed by atoms with Gasteiger partial charge < -0.3 is 10.1 Å². The van der Waals surface area contributed by atoms with Crippen LogP contribution < -0.4 is 10.1 Å². The molecular weight excluding hydrogens is 300 g/mol. The molecule has 0 saturated heterocycles. The summed E-state index contributed by atoms with van der Waals surface area (Å²) in [6.45, 7) is 2.31. The first-order chi connectivity index (χ1) is 11.7. The number of anilines is 1. The Morgan fingerprint density at radius 2 is 1.96 bits per heavy atom. The molecule has 1 N–H and O–H groups in total. The number of amides is 1. The number of hydrogen-bond acceptors (Lipinski definition) is 3. The van der Waals surface area contributed by atoms with E-state index in [1.54, 1.807) is 6.08 Å². The molecule has 0 unspecified atom stereocenters. The van der Waals surface area contributed by atoms with Crippen molar-refractivity contribution in [3.8, 4) is 11.8 Å². The minimum absolute atomic E-state index is 0.0461. The first-order valence-electron chi connectivity index (χ1n) is 7.58. The molecule has 0 fully saturated rings. The molecule has 0 bridgehead atoms. The molecule has 0 saturated carbocycles. The zero-order chi connectivity index (χ0) is 16.9. The molecule has 2 aromatic carbocycles. The Morgan fingerprint density at radius 3 is 2.71 bits per heavy atom. The lowest BCUT2D eigenvalue weighted by atomic mass is 10.1. The van der Waals surface area contributed by atoms with E-state index in [1.165, 1.54) is 0 Å². The largest absolute Gasteiger partial charge is 0.488 e. The monoisotopic (exact) mass is 316 g/mol. The number of nitriles is 1. The number of nitrogens with one attached hydrogen (secondary N) is 1. The molecule has 4 heteroatoms. The molecule has 24 heavy (non-hydrogen) atoms. The fraction of sp³-hybridized carbons (Fsp3) is 0.100. The molecule has 4 nitrogen and oxygen atoms in total. The highest BCUT2D eigenvalue weighted by Gasteiger charge is 2.13. The first-order valence-corrected chi connectivity index (χ1v) is 7.58. The van der Waals surface area contributed by atoms with Gasteiger partial charge in [0.1, 0.15) is 24.0 Å². The Bertz CT molecular complexity index is 871. The maximum Gasteiger partial charge on any atom is 0.266 e. The van der Waals surface area contributed by atoms with Crippen LogP contribution in [0.3, 0.4) is 0 Å². The summed E-state index contributed by atoms with van der Waals surface area (Å²) in [4.78, 5) is 12.3. The van der Waals surface area contributed by atoms with E-state index in [0.717, 1.165) is 22.4 Å². The quantitative estimate of drug-likeness (QED) is 0.691. The van der Waals surface area contributed by atoms with Gasteiger partial charge in [-0.05, 0) is 42.8 Å². The molecule has 1 aliphatic heterocycles. The summed E-state index contributed by atoms with van der Waals surface area (Å²) < 4.78 is 5.64. The molecule has 0 aromatic heterocycles. The summed E-state index contributed by atoms with van der Waals surface area (Å²) >= 11 is 0. The molecule has 3 rings (SSSR count). The van der Waals surface area contributed by atoms with Crippen molar-refractivity contribution in [2.45, 2.75) is 6.92 Å². The normalized spacial score (nSPS) is 13.2. The standard InChI is InChI=1S/C20H16N2O2/c1-14-6-8-18(9-7-14)22-20(23)17(12-21)11-15-10-16-4-2-3-5-19(16)24-13-15/h2-11H,13H2,1H3,(H,22,23). The van der Waals surface area contributed by atoms with Crippen molar-refractivity contribution in [3.05, 3.63) is 76.9 Å². The highest BCUT2D eigenvalue weighted by Crippen LogP contribution is 2.26. The fourth-order valence-corrected chi connectivity index (χ4v) is 2.39. The molecular formula is C20H16N2O2. The number of hydrogen-bond donors (Lipinski definition) is 1. The van der Waals surface area contributed by atoms with E-state index in [1.807, 2.05) is 67.6 Å². The average Bonchev–Trinajstić information content (AvgIpc) is 2.61. The van der Waals surface area contributed by atoms with E-state index in [4.69, 9.17) is 4.74 Å². The summed E-state index contributed by atoms with van der Waals surface area (Å²) in [5, 5.41) is 12.0. The van der Waals surface area contributed by atoms with Gasteiger partial charge in [-0.15, -0.1) is 0 Å². The SMILES string of the molecule is Cc1ccc(NC(=O)C(C#N)=CC2=Cc3ccccc3OC2)cc1. The van der Waals surface area contributed by atoms with Gasteiger partial charge in [0.05, 0.1) is 0 Å². The predicted molar refractivity (Wildman–Crippen MR) is 93.4 cm³/mol. The summed E-state index contributed by atoms with van der Waals surface area (Å²) in [5.41, 5.74) is 3.53. The number of fused-ring (bicyclic) bond motifs is 1. The van der Waals surface area contributed by atoms with Gasteiger partial charge in [0.15, 0.2) is 0 Å². The van der Waals surface area contributed by atoms with Gasteiger partial charge >= 0.3 is 0 Å². The molecule has 0 aliphatic carbocycles. The number of para-hydroxylation sites is 1. The highest BCUT2D eigenvalue weighted by molar-refractivity contribution is 6.07. The maximum absolute atomic E-state index is 12.3. The van der Waals surface area contributed by atoms with Crippen molar-refractivity contribution < 1.29 is 9.53 Å². The van der Waals surface area contributed by atoms with Crippen LogP contribution in [-0.4, -0.2) is 12.5 Å². The fourth-order valence-electron chi connectivity index (χ4n) is 2.39. The zero-order valence-corrected chi connectivity index (χ0v) is 13.2. The van der Waals surface area contributed by atoms with Crippen LogP contribution in [0.25, 0.3) is 6.08 Å². The zero-order valence-electron chi connectivity index (χ0n) is 13.2. The third-order valence-corrected chi connectivity index (χ3v) is 3.66. The Hall–Kier alpha value is -3.32. The van der Waals surface area contributed by atoms with E-state index in [-0.39, 0.29) is 5.57 Å². The van der Waals surface area contributed by atoms with E-state index >= 15 is 0 Å². The number of carbonyl (C=O) groups excluding carboxylic acids is 1. The van der Waals surface area contributed by atoms with Crippen molar-refractivity contribution in [1.82, 2.24) is 0 Å². The predicted octanol–water partition coefficient (Wildman–Crippen LogP) is 3.86. The molecule has 0 spiro atoms. The Morgan fingerprint density at radius 1 is 1.21 bits per heavy atom. The van der Waals surface area contributed by atoms with Crippen molar-refractivity contribution in [2.75, 3.05) is 11.9 Å². The van der Waals surface area contributed by atoms with Crippen molar-refractivity contribution in [2.24, 2.45) is 0 Å². The number of carbonyl (C=O) groups is 1. The first kappa shape index (κ1) is 15.6. The lowest BCUT2D eigenvalue weighted by molar-refractivity contribution is -0.112. The minimum Gasteiger partial charge on any atom is -0.488 e. The number of benzene rings is 2. The van der Waals surface area contributed by atoms with Crippen LogP contribution in [0.15, 0.2) is 65.8 Å². The summed E-state index contributed by atoms with van der Waals surface area (Å²) in [7, 11) is 0. The second-order valence-corrected chi connectivity index (χ2v) is 5.54. The van der Waals surface area contributed by atoms with E-state index < -0.39 is 5.91 Å². The van der Waals surface area contributed by atoms with Crippen LogP contribution in [0, 0.1) is 18.3 Å². The third kappa shape index (κ3) is 3.53. The molecule has 118 valence electrons. The van der Waals surface area contributed by atoms with Crippen molar-refractivity contribution in [3.63, 3.8) is 0 Å². The smallest absolute Gasteiger partial charge is 0.266 e. The molecule has 1 amide bonds. The van der Waals surface area contributed by atoms with Gasteiger partial charge in [0.25, 0.3) is 5.91 Å². The van der Waals surface area contributed by atoms with Crippen LogP contribution in [0.2, 0.25) is 0 Å². The Balaban J connectivity index is 1.80. The Labute approximate surface area is 140 Å². The van der Waals surface area contributed by atoms with Gasteiger partial charge in [-0.1, -0.05) is 35.9 Å². The van der Waals surface area contributed by atoms with Gasteiger partial charge in [0.2, 0.25) is 0 Å².